The van der Waals surface area contributed by atoms with Crippen LogP contribution < -0.4 is 0 Å². The third-order valence-electron chi connectivity index (χ3n) is 6.12. The van der Waals surface area contributed by atoms with Crippen LogP contribution >= 0.6 is 0 Å². The van der Waals surface area contributed by atoms with Gasteiger partial charge in [0.05, 0.1) is 17.7 Å². The zero-order chi connectivity index (χ0) is 20.7. The van der Waals surface area contributed by atoms with E-state index in [2.05, 4.69) is 68.2 Å². The Morgan fingerprint density at radius 1 is 1.13 bits per heavy atom. The molecule has 6 heteroatoms. The predicted molar refractivity (Wildman–Crippen MR) is 117 cm³/mol. The van der Waals surface area contributed by atoms with E-state index < -0.39 is 0 Å². The Morgan fingerprint density at radius 2 is 2.03 bits per heavy atom. The van der Waals surface area contributed by atoms with Crippen molar-refractivity contribution >= 4 is 0 Å². The average Bonchev–Trinajstić information content (AvgIpc) is 3.48. The lowest BCUT2D eigenvalue weighted by Crippen LogP contribution is -2.05. The molecule has 0 radical (unpaired) electrons. The molecule has 3 aromatic heterocycles. The van der Waals surface area contributed by atoms with Gasteiger partial charge in [-0.25, -0.2) is 4.98 Å². The van der Waals surface area contributed by atoms with E-state index in [9.17, 15) is 0 Å². The van der Waals surface area contributed by atoms with Gasteiger partial charge in [0, 0.05) is 30.4 Å². The molecular formula is C24H26N6. The maximum atomic E-state index is 4.63. The van der Waals surface area contributed by atoms with E-state index in [0.29, 0.717) is 11.8 Å². The lowest BCUT2D eigenvalue weighted by Gasteiger charge is -2.14. The highest BCUT2D eigenvalue weighted by atomic mass is 15.3. The standard InChI is InChI=1S/C24H26N6/c1-15(2)18-6-4-17-5-7-20(21(17)10-18)12-30-13-23(26-14-30)22-11-19(8-9-25-22)24-16(3)27-29-28-24/h4,6,8-11,13-15,20H,5,7,12H2,1-3H3,(H,27,28,29)/t20-/m1/s1. The van der Waals surface area contributed by atoms with Crippen LogP contribution in [0.1, 0.15) is 54.5 Å². The second kappa shape index (κ2) is 7.52. The number of H-pyrrole nitrogens is 1. The molecule has 0 saturated carbocycles. The Kier molecular flexibility index (Phi) is 4.69. The molecule has 1 aliphatic rings. The van der Waals surface area contributed by atoms with E-state index in [1.165, 1.54) is 29.5 Å². The summed E-state index contributed by atoms with van der Waals surface area (Å²) in [4.78, 5) is 9.16. The molecule has 152 valence electrons. The number of aromatic nitrogens is 6. The van der Waals surface area contributed by atoms with Gasteiger partial charge in [0.15, 0.2) is 0 Å². The monoisotopic (exact) mass is 398 g/mol. The van der Waals surface area contributed by atoms with E-state index in [0.717, 1.165) is 34.9 Å². The van der Waals surface area contributed by atoms with Crippen LogP contribution in [0.5, 0.6) is 0 Å². The molecule has 0 saturated heterocycles. The van der Waals surface area contributed by atoms with E-state index in [1.54, 1.807) is 6.20 Å². The third kappa shape index (κ3) is 3.43. The van der Waals surface area contributed by atoms with Gasteiger partial charge >= 0.3 is 0 Å². The second-order valence-corrected chi connectivity index (χ2v) is 8.52. The molecule has 0 amide bonds. The van der Waals surface area contributed by atoms with Gasteiger partial charge in [-0.2, -0.15) is 0 Å². The summed E-state index contributed by atoms with van der Waals surface area (Å²) in [5.74, 6) is 1.10. The maximum Gasteiger partial charge on any atom is 0.115 e. The molecule has 3 heterocycles. The highest BCUT2D eigenvalue weighted by Crippen LogP contribution is 2.36. The number of benzene rings is 1. The van der Waals surface area contributed by atoms with E-state index in [-0.39, 0.29) is 0 Å². The second-order valence-electron chi connectivity index (χ2n) is 8.52. The molecule has 5 rings (SSSR count). The molecule has 30 heavy (non-hydrogen) atoms. The van der Waals surface area contributed by atoms with Crippen molar-refractivity contribution < 1.29 is 0 Å². The highest BCUT2D eigenvalue weighted by molar-refractivity contribution is 5.67. The molecule has 0 aliphatic heterocycles. The van der Waals surface area contributed by atoms with Gasteiger partial charge in [0.1, 0.15) is 11.4 Å². The zero-order valence-electron chi connectivity index (χ0n) is 17.6. The molecule has 1 aliphatic carbocycles. The Bertz CT molecular complexity index is 1190. The van der Waals surface area contributed by atoms with Crippen molar-refractivity contribution in [3.63, 3.8) is 0 Å². The van der Waals surface area contributed by atoms with Crippen molar-refractivity contribution in [3.05, 3.63) is 71.4 Å². The summed E-state index contributed by atoms with van der Waals surface area (Å²) in [6, 6.07) is 11.0. The number of aryl methyl sites for hydroxylation is 2. The third-order valence-corrected chi connectivity index (χ3v) is 6.12. The molecule has 0 fully saturated rings. The highest BCUT2D eigenvalue weighted by Gasteiger charge is 2.23. The van der Waals surface area contributed by atoms with Crippen LogP contribution in [0.4, 0.5) is 0 Å². The van der Waals surface area contributed by atoms with Gasteiger partial charge in [-0.15, -0.1) is 5.10 Å². The van der Waals surface area contributed by atoms with Crippen LogP contribution in [0.3, 0.4) is 0 Å². The summed E-state index contributed by atoms with van der Waals surface area (Å²) in [6.45, 7) is 7.43. The number of nitrogens with one attached hydrogen (secondary N) is 1. The molecule has 0 bridgehead atoms. The number of nitrogens with zero attached hydrogens (tertiary/aromatic N) is 5. The summed E-state index contributed by atoms with van der Waals surface area (Å²) < 4.78 is 2.20. The van der Waals surface area contributed by atoms with Crippen molar-refractivity contribution in [2.75, 3.05) is 0 Å². The largest absolute Gasteiger partial charge is 0.336 e. The van der Waals surface area contributed by atoms with Crippen molar-refractivity contribution in [2.24, 2.45) is 0 Å². The van der Waals surface area contributed by atoms with Gasteiger partial charge in [-0.05, 0) is 54.5 Å². The first-order valence-corrected chi connectivity index (χ1v) is 10.6. The number of pyridine rings is 1. The predicted octanol–water partition coefficient (Wildman–Crippen LogP) is 4.89. The number of hydrogen-bond donors (Lipinski definition) is 1. The Hall–Kier alpha value is -3.28. The van der Waals surface area contributed by atoms with Crippen LogP contribution in [-0.2, 0) is 13.0 Å². The number of imidazole rings is 1. The minimum Gasteiger partial charge on any atom is -0.336 e. The molecular weight excluding hydrogens is 372 g/mol. The van der Waals surface area contributed by atoms with E-state index in [4.69, 9.17) is 0 Å². The van der Waals surface area contributed by atoms with E-state index in [1.807, 2.05) is 25.4 Å². The van der Waals surface area contributed by atoms with Crippen LogP contribution in [-0.4, -0.2) is 29.9 Å². The first-order chi connectivity index (χ1) is 14.6. The Balaban J connectivity index is 1.38. The number of fused-ring (bicyclic) bond motifs is 1. The molecule has 4 aromatic rings. The van der Waals surface area contributed by atoms with Crippen LogP contribution in [0.25, 0.3) is 22.6 Å². The minimum absolute atomic E-state index is 0.540. The van der Waals surface area contributed by atoms with E-state index >= 15 is 0 Å². The summed E-state index contributed by atoms with van der Waals surface area (Å²) >= 11 is 0. The van der Waals surface area contributed by atoms with Crippen LogP contribution in [0.15, 0.2) is 49.1 Å². The molecule has 6 nitrogen and oxygen atoms in total. The summed E-state index contributed by atoms with van der Waals surface area (Å²) in [6.07, 6.45) is 8.20. The molecule has 0 unspecified atom stereocenters. The van der Waals surface area contributed by atoms with Crippen molar-refractivity contribution in [3.8, 4) is 22.6 Å². The topological polar surface area (TPSA) is 72.3 Å². The fourth-order valence-corrected chi connectivity index (χ4v) is 4.37. The first-order valence-electron chi connectivity index (χ1n) is 10.6. The lowest BCUT2D eigenvalue weighted by atomic mass is 9.94. The fraction of sp³-hybridized carbons (Fsp3) is 0.333. The Morgan fingerprint density at radius 3 is 2.83 bits per heavy atom. The first kappa shape index (κ1) is 18.7. The molecule has 1 atom stereocenters. The minimum atomic E-state index is 0.540. The summed E-state index contributed by atoms with van der Waals surface area (Å²) in [7, 11) is 0. The van der Waals surface area contributed by atoms with Crippen molar-refractivity contribution in [2.45, 2.75) is 52.0 Å². The molecule has 0 spiro atoms. The lowest BCUT2D eigenvalue weighted by molar-refractivity contribution is 0.555. The zero-order valence-corrected chi connectivity index (χ0v) is 17.6. The van der Waals surface area contributed by atoms with Gasteiger partial charge in [-0.3, -0.25) is 10.1 Å². The maximum absolute atomic E-state index is 4.63. The summed E-state index contributed by atoms with van der Waals surface area (Å²) in [5.41, 5.74) is 8.96. The smallest absolute Gasteiger partial charge is 0.115 e. The van der Waals surface area contributed by atoms with Crippen LogP contribution in [0.2, 0.25) is 0 Å². The molecule has 1 N–H and O–H groups in total. The number of hydrogen-bond acceptors (Lipinski definition) is 4. The fourth-order valence-electron chi connectivity index (χ4n) is 4.37. The van der Waals surface area contributed by atoms with Crippen molar-refractivity contribution in [1.29, 1.82) is 0 Å². The summed E-state index contributed by atoms with van der Waals surface area (Å²) in [5, 5.41) is 10.9. The van der Waals surface area contributed by atoms with Gasteiger partial charge in [0.25, 0.3) is 0 Å². The average molecular weight is 399 g/mol. The number of rotatable bonds is 5. The molecule has 1 aromatic carbocycles. The quantitative estimate of drug-likeness (QED) is 0.519. The normalized spacial score (nSPS) is 15.7. The number of aromatic amines is 1. The van der Waals surface area contributed by atoms with Crippen molar-refractivity contribution in [1.82, 2.24) is 29.9 Å². The van der Waals surface area contributed by atoms with Gasteiger partial charge < -0.3 is 4.57 Å². The van der Waals surface area contributed by atoms with Crippen LogP contribution in [0, 0.1) is 6.92 Å². The van der Waals surface area contributed by atoms with Gasteiger partial charge in [-0.1, -0.05) is 37.3 Å². The SMILES string of the molecule is Cc1[nH]nnc1-c1ccnc(-c2cn(C[C@H]3CCc4ccc(C(C)C)cc43)cn2)c1. The van der Waals surface area contributed by atoms with Gasteiger partial charge in [0.2, 0.25) is 0 Å². The Labute approximate surface area is 176 Å².